The minimum Gasteiger partial charge on any atom is -0.358 e. The summed E-state index contributed by atoms with van der Waals surface area (Å²) in [5.74, 6) is 1.56. The van der Waals surface area contributed by atoms with E-state index in [4.69, 9.17) is 4.99 Å². The third-order valence-corrected chi connectivity index (χ3v) is 5.22. The first kappa shape index (κ1) is 18.7. The molecule has 0 saturated carbocycles. The number of nitrogens with zero attached hydrogens (tertiary/aromatic N) is 4. The smallest absolute Gasteiger partial charge is 0.108 e. The second-order valence-electron chi connectivity index (χ2n) is 7.22. The van der Waals surface area contributed by atoms with Crippen LogP contribution in [-0.4, -0.2) is 39.9 Å². The van der Waals surface area contributed by atoms with Crippen LogP contribution in [0.15, 0.2) is 54.0 Å². The van der Waals surface area contributed by atoms with E-state index in [2.05, 4.69) is 51.7 Å². The van der Waals surface area contributed by atoms with E-state index >= 15 is 0 Å². The van der Waals surface area contributed by atoms with Gasteiger partial charge in [0.15, 0.2) is 0 Å². The standard InChI is InChI=1S/C22H32N4/c1-2-3-4-5-6-10-15-26-17-14-24-22(26)21(18-25-16-13-23-19-25)20-11-8-7-9-12-20/h7-9,11-13,16,19,21H,2-6,10,14-15,17-18H2,1H3. The molecule has 26 heavy (non-hydrogen) atoms. The molecule has 1 aromatic heterocycles. The van der Waals surface area contributed by atoms with Crippen LogP contribution in [-0.2, 0) is 6.54 Å². The molecular formula is C22H32N4. The van der Waals surface area contributed by atoms with E-state index < -0.39 is 0 Å². The number of imidazole rings is 1. The van der Waals surface area contributed by atoms with E-state index in [9.17, 15) is 0 Å². The van der Waals surface area contributed by atoms with Gasteiger partial charge in [-0.05, 0) is 12.0 Å². The fourth-order valence-corrected chi connectivity index (χ4v) is 3.77. The summed E-state index contributed by atoms with van der Waals surface area (Å²) in [6.07, 6.45) is 13.8. The number of amidine groups is 1. The molecule has 1 aliphatic rings. The molecule has 1 aromatic carbocycles. The molecule has 1 unspecified atom stereocenters. The van der Waals surface area contributed by atoms with Gasteiger partial charge >= 0.3 is 0 Å². The Morgan fingerprint density at radius 3 is 2.62 bits per heavy atom. The lowest BCUT2D eigenvalue weighted by atomic mass is 9.96. The maximum Gasteiger partial charge on any atom is 0.108 e. The number of hydrogen-bond donors (Lipinski definition) is 0. The Balaban J connectivity index is 1.63. The summed E-state index contributed by atoms with van der Waals surface area (Å²) in [5.41, 5.74) is 1.34. The molecule has 0 radical (unpaired) electrons. The quantitative estimate of drug-likeness (QED) is 0.547. The van der Waals surface area contributed by atoms with Crippen LogP contribution in [0.1, 0.15) is 56.9 Å². The highest BCUT2D eigenvalue weighted by atomic mass is 15.2. The summed E-state index contributed by atoms with van der Waals surface area (Å²) in [5, 5.41) is 0. The first-order chi connectivity index (χ1) is 12.9. The second kappa shape index (κ2) is 10.1. The van der Waals surface area contributed by atoms with Crippen molar-refractivity contribution in [3.63, 3.8) is 0 Å². The van der Waals surface area contributed by atoms with E-state index in [0.717, 1.165) is 26.2 Å². The molecule has 0 N–H and O–H groups in total. The topological polar surface area (TPSA) is 33.4 Å². The fourth-order valence-electron chi connectivity index (χ4n) is 3.77. The van der Waals surface area contributed by atoms with Gasteiger partial charge < -0.3 is 9.47 Å². The molecule has 0 bridgehead atoms. The van der Waals surface area contributed by atoms with E-state index in [1.165, 1.54) is 49.9 Å². The number of aromatic nitrogens is 2. The predicted octanol–water partition coefficient (Wildman–Crippen LogP) is 4.74. The maximum atomic E-state index is 4.91. The predicted molar refractivity (Wildman–Crippen MR) is 109 cm³/mol. The average Bonchev–Trinajstić information content (AvgIpc) is 3.35. The van der Waals surface area contributed by atoms with Gasteiger partial charge in [0.05, 0.1) is 18.8 Å². The third-order valence-electron chi connectivity index (χ3n) is 5.22. The monoisotopic (exact) mass is 352 g/mol. The molecule has 0 saturated heterocycles. The van der Waals surface area contributed by atoms with Crippen LogP contribution in [0.25, 0.3) is 0 Å². The fraction of sp³-hybridized carbons (Fsp3) is 0.545. The van der Waals surface area contributed by atoms with Crippen molar-refractivity contribution in [1.29, 1.82) is 0 Å². The second-order valence-corrected chi connectivity index (χ2v) is 7.22. The molecule has 0 aliphatic carbocycles. The lowest BCUT2D eigenvalue weighted by molar-refractivity contribution is 0.415. The summed E-state index contributed by atoms with van der Waals surface area (Å²) in [6.45, 7) is 6.31. The molecule has 4 heteroatoms. The summed E-state index contributed by atoms with van der Waals surface area (Å²) >= 11 is 0. The highest BCUT2D eigenvalue weighted by molar-refractivity contribution is 5.90. The number of hydrogen-bond acceptors (Lipinski definition) is 3. The lowest BCUT2D eigenvalue weighted by Gasteiger charge is -2.27. The van der Waals surface area contributed by atoms with Crippen molar-refractivity contribution >= 4 is 5.84 Å². The van der Waals surface area contributed by atoms with Crippen molar-refractivity contribution in [1.82, 2.24) is 14.5 Å². The van der Waals surface area contributed by atoms with Gasteiger partial charge in [0, 0.05) is 32.0 Å². The SMILES string of the molecule is CCCCCCCCN1CCN=C1C(Cn1ccnc1)c1ccccc1. The van der Waals surface area contributed by atoms with Crippen LogP contribution in [0.4, 0.5) is 0 Å². The van der Waals surface area contributed by atoms with Crippen molar-refractivity contribution < 1.29 is 0 Å². The first-order valence-corrected chi connectivity index (χ1v) is 10.2. The normalized spacial score (nSPS) is 15.3. The number of rotatable bonds is 11. The Labute approximate surface area is 158 Å². The highest BCUT2D eigenvalue weighted by Crippen LogP contribution is 2.24. The molecule has 0 fully saturated rings. The Bertz CT molecular complexity index is 648. The van der Waals surface area contributed by atoms with Crippen LogP contribution < -0.4 is 0 Å². The Morgan fingerprint density at radius 2 is 1.85 bits per heavy atom. The van der Waals surface area contributed by atoms with Gasteiger partial charge in [-0.3, -0.25) is 4.99 Å². The molecule has 1 aliphatic heterocycles. The van der Waals surface area contributed by atoms with Crippen LogP contribution in [0.3, 0.4) is 0 Å². The van der Waals surface area contributed by atoms with Crippen LogP contribution in [0.5, 0.6) is 0 Å². The zero-order valence-corrected chi connectivity index (χ0v) is 16.1. The zero-order valence-electron chi connectivity index (χ0n) is 16.1. The summed E-state index contributed by atoms with van der Waals surface area (Å²) in [6, 6.07) is 10.8. The van der Waals surface area contributed by atoms with Gasteiger partial charge in [0.25, 0.3) is 0 Å². The van der Waals surface area contributed by atoms with Crippen LogP contribution >= 0.6 is 0 Å². The molecule has 3 rings (SSSR count). The van der Waals surface area contributed by atoms with E-state index in [1.807, 2.05) is 18.7 Å². The minimum atomic E-state index is 0.299. The van der Waals surface area contributed by atoms with Gasteiger partial charge in [-0.1, -0.05) is 69.4 Å². The molecule has 0 amide bonds. The van der Waals surface area contributed by atoms with Gasteiger partial charge in [-0.25, -0.2) is 4.98 Å². The van der Waals surface area contributed by atoms with E-state index in [1.54, 1.807) is 0 Å². The molecule has 2 aromatic rings. The average molecular weight is 353 g/mol. The Hall–Kier alpha value is -2.10. The van der Waals surface area contributed by atoms with Crippen LogP contribution in [0.2, 0.25) is 0 Å². The van der Waals surface area contributed by atoms with E-state index in [0.29, 0.717) is 5.92 Å². The van der Waals surface area contributed by atoms with Crippen molar-refractivity contribution in [2.75, 3.05) is 19.6 Å². The molecule has 0 spiro atoms. The van der Waals surface area contributed by atoms with Crippen LogP contribution in [0, 0.1) is 0 Å². The number of benzene rings is 1. The largest absolute Gasteiger partial charge is 0.358 e. The van der Waals surface area contributed by atoms with Gasteiger partial charge in [-0.15, -0.1) is 0 Å². The number of unbranched alkanes of at least 4 members (excludes halogenated alkanes) is 5. The molecule has 1 atom stereocenters. The third kappa shape index (κ3) is 5.20. The van der Waals surface area contributed by atoms with Crippen molar-refractivity contribution in [2.24, 2.45) is 4.99 Å². The molecule has 140 valence electrons. The Kier molecular flexibility index (Phi) is 7.29. The van der Waals surface area contributed by atoms with Gasteiger partial charge in [-0.2, -0.15) is 0 Å². The Morgan fingerprint density at radius 1 is 1.04 bits per heavy atom. The van der Waals surface area contributed by atoms with Gasteiger partial charge in [0.2, 0.25) is 0 Å². The van der Waals surface area contributed by atoms with Crippen molar-refractivity contribution in [2.45, 2.75) is 57.9 Å². The van der Waals surface area contributed by atoms with Crippen molar-refractivity contribution in [3.8, 4) is 0 Å². The zero-order chi connectivity index (χ0) is 18.0. The summed E-state index contributed by atoms with van der Waals surface area (Å²) < 4.78 is 2.17. The van der Waals surface area contributed by atoms with Gasteiger partial charge in [0.1, 0.15) is 5.84 Å². The molecule has 2 heterocycles. The first-order valence-electron chi connectivity index (χ1n) is 10.2. The highest BCUT2D eigenvalue weighted by Gasteiger charge is 2.26. The summed E-state index contributed by atoms with van der Waals surface area (Å²) in [4.78, 5) is 11.6. The van der Waals surface area contributed by atoms with Crippen molar-refractivity contribution in [3.05, 3.63) is 54.6 Å². The number of aliphatic imine (C=N–C) groups is 1. The summed E-state index contributed by atoms with van der Waals surface area (Å²) in [7, 11) is 0. The molecule has 4 nitrogen and oxygen atoms in total. The minimum absolute atomic E-state index is 0.299. The molecular weight excluding hydrogens is 320 g/mol. The maximum absolute atomic E-state index is 4.91. The van der Waals surface area contributed by atoms with E-state index in [-0.39, 0.29) is 0 Å². The lowest BCUT2D eigenvalue weighted by Crippen LogP contribution is -2.34.